The first-order valence-electron chi connectivity index (χ1n) is 7.30. The molecule has 0 aliphatic heterocycles. The van der Waals surface area contributed by atoms with Gasteiger partial charge in [0.25, 0.3) is 5.91 Å². The molecule has 0 saturated carbocycles. The molecule has 0 fully saturated rings. The van der Waals surface area contributed by atoms with Gasteiger partial charge < -0.3 is 19.5 Å². The largest absolute Gasteiger partial charge is 0.493 e. The number of pyridine rings is 1. The van der Waals surface area contributed by atoms with Crippen LogP contribution in [0.2, 0.25) is 0 Å². The fourth-order valence-electron chi connectivity index (χ4n) is 1.74. The molecule has 1 aromatic carbocycles. The number of carbonyl (C=O) groups excluding carboxylic acids is 1. The summed E-state index contributed by atoms with van der Waals surface area (Å²) in [6, 6.07) is 10.8. The van der Waals surface area contributed by atoms with Crippen LogP contribution >= 0.6 is 0 Å². The summed E-state index contributed by atoms with van der Waals surface area (Å²) in [4.78, 5) is 15.5. The number of amides is 1. The van der Waals surface area contributed by atoms with Gasteiger partial charge in [0.05, 0.1) is 19.9 Å². The van der Waals surface area contributed by atoms with Gasteiger partial charge in [-0.1, -0.05) is 24.0 Å². The molecule has 0 atom stereocenters. The van der Waals surface area contributed by atoms with Crippen molar-refractivity contribution in [3.05, 3.63) is 48.8 Å². The third-order valence-corrected chi connectivity index (χ3v) is 2.87. The lowest BCUT2D eigenvalue weighted by molar-refractivity contribution is -0.122. The molecule has 2 rings (SSSR count). The average Bonchev–Trinajstić information content (AvgIpc) is 2.64. The maximum Gasteiger partial charge on any atom is 0.258 e. The Morgan fingerprint density at radius 3 is 2.71 bits per heavy atom. The van der Waals surface area contributed by atoms with Crippen LogP contribution in [0.1, 0.15) is 0 Å². The second-order valence-corrected chi connectivity index (χ2v) is 4.55. The van der Waals surface area contributed by atoms with E-state index in [0.717, 1.165) is 0 Å². The van der Waals surface area contributed by atoms with E-state index in [2.05, 4.69) is 22.1 Å². The molecule has 1 heterocycles. The molecule has 0 unspecified atom stereocenters. The second kappa shape index (κ2) is 9.74. The van der Waals surface area contributed by atoms with Crippen LogP contribution in [0.15, 0.2) is 48.8 Å². The van der Waals surface area contributed by atoms with Crippen LogP contribution in [0.4, 0.5) is 0 Å². The number of hydrogen-bond acceptors (Lipinski definition) is 5. The molecule has 0 spiro atoms. The quantitative estimate of drug-likeness (QED) is 0.784. The van der Waals surface area contributed by atoms with E-state index in [1.165, 1.54) is 0 Å². The highest BCUT2D eigenvalue weighted by Gasteiger charge is 2.01. The Morgan fingerprint density at radius 2 is 1.96 bits per heavy atom. The first kappa shape index (κ1) is 17.2. The number of benzene rings is 1. The van der Waals surface area contributed by atoms with Crippen LogP contribution < -0.4 is 19.5 Å². The summed E-state index contributed by atoms with van der Waals surface area (Å²) in [5, 5.41) is 2.64. The normalized spacial score (nSPS) is 9.38. The van der Waals surface area contributed by atoms with Crippen molar-refractivity contribution >= 4 is 5.91 Å². The van der Waals surface area contributed by atoms with E-state index < -0.39 is 0 Å². The highest BCUT2D eigenvalue weighted by molar-refractivity contribution is 5.77. The summed E-state index contributed by atoms with van der Waals surface area (Å²) < 4.78 is 15.9. The number of aromatic nitrogens is 1. The van der Waals surface area contributed by atoms with Crippen molar-refractivity contribution < 1.29 is 19.0 Å². The van der Waals surface area contributed by atoms with Gasteiger partial charge in [-0.25, -0.2) is 0 Å². The molecule has 124 valence electrons. The molecule has 0 bridgehead atoms. The number of nitrogens with one attached hydrogen (secondary N) is 1. The number of para-hydroxylation sites is 2. The van der Waals surface area contributed by atoms with Gasteiger partial charge in [0.15, 0.2) is 18.1 Å². The Bertz CT molecular complexity index is 708. The molecule has 24 heavy (non-hydrogen) atoms. The van der Waals surface area contributed by atoms with Crippen LogP contribution in [0.3, 0.4) is 0 Å². The topological polar surface area (TPSA) is 69.7 Å². The molecular formula is C18H18N2O4. The Morgan fingerprint density at radius 1 is 1.12 bits per heavy atom. The first-order chi connectivity index (χ1) is 11.8. The molecule has 1 amide bonds. The van der Waals surface area contributed by atoms with Crippen LogP contribution in [0, 0.1) is 11.8 Å². The molecule has 0 aliphatic carbocycles. The van der Waals surface area contributed by atoms with Crippen molar-refractivity contribution in [2.24, 2.45) is 0 Å². The Kier molecular flexibility index (Phi) is 6.97. The molecule has 2 aromatic rings. The van der Waals surface area contributed by atoms with E-state index >= 15 is 0 Å². The van der Waals surface area contributed by atoms with E-state index in [-0.39, 0.29) is 25.7 Å². The van der Waals surface area contributed by atoms with Crippen LogP contribution in [0.25, 0.3) is 0 Å². The van der Waals surface area contributed by atoms with Gasteiger partial charge in [-0.2, -0.15) is 0 Å². The summed E-state index contributed by atoms with van der Waals surface area (Å²) >= 11 is 0. The first-order valence-corrected chi connectivity index (χ1v) is 7.30. The summed E-state index contributed by atoms with van der Waals surface area (Å²) in [5.74, 6) is 7.20. The molecule has 6 heteroatoms. The van der Waals surface area contributed by atoms with Gasteiger partial charge in [-0.05, 0) is 24.3 Å². The zero-order chi connectivity index (χ0) is 17.0. The van der Waals surface area contributed by atoms with E-state index in [9.17, 15) is 4.79 Å². The Labute approximate surface area is 140 Å². The minimum absolute atomic E-state index is 0.0783. The maximum absolute atomic E-state index is 11.6. The summed E-state index contributed by atoms with van der Waals surface area (Å²) in [7, 11) is 1.58. The van der Waals surface area contributed by atoms with Gasteiger partial charge in [0.2, 0.25) is 0 Å². The van der Waals surface area contributed by atoms with Crippen molar-refractivity contribution in [2.75, 3.05) is 26.9 Å². The van der Waals surface area contributed by atoms with Crippen molar-refractivity contribution in [3.8, 4) is 29.1 Å². The molecule has 6 nitrogen and oxygen atoms in total. The standard InChI is InChI=1S/C18H18N2O4/c1-22-16-8-2-3-9-17(16)23-12-5-4-11-20-18(21)14-24-15-7-6-10-19-13-15/h2-3,6-10,13H,11-12,14H2,1H3,(H,20,21). The highest BCUT2D eigenvalue weighted by atomic mass is 16.5. The number of nitrogens with zero attached hydrogens (tertiary/aromatic N) is 1. The minimum Gasteiger partial charge on any atom is -0.493 e. The van der Waals surface area contributed by atoms with E-state index in [0.29, 0.717) is 17.2 Å². The highest BCUT2D eigenvalue weighted by Crippen LogP contribution is 2.25. The molecule has 0 radical (unpaired) electrons. The third kappa shape index (κ3) is 5.89. The van der Waals surface area contributed by atoms with Crippen molar-refractivity contribution in [3.63, 3.8) is 0 Å². The fourth-order valence-corrected chi connectivity index (χ4v) is 1.74. The number of ether oxygens (including phenoxy) is 3. The van der Waals surface area contributed by atoms with Gasteiger partial charge in [0, 0.05) is 6.20 Å². The average molecular weight is 326 g/mol. The van der Waals surface area contributed by atoms with Crippen LogP contribution in [0.5, 0.6) is 17.2 Å². The van der Waals surface area contributed by atoms with Gasteiger partial charge in [-0.3, -0.25) is 9.78 Å². The lowest BCUT2D eigenvalue weighted by Gasteiger charge is -2.07. The summed E-state index contributed by atoms with van der Waals surface area (Å²) in [6.07, 6.45) is 3.18. The summed E-state index contributed by atoms with van der Waals surface area (Å²) in [5.41, 5.74) is 0. The van der Waals surface area contributed by atoms with Crippen LogP contribution in [-0.4, -0.2) is 37.8 Å². The molecule has 0 saturated heterocycles. The molecule has 0 aliphatic rings. The van der Waals surface area contributed by atoms with E-state index in [1.54, 1.807) is 37.7 Å². The maximum atomic E-state index is 11.6. The number of carbonyl (C=O) groups is 1. The SMILES string of the molecule is COc1ccccc1OCC#CCNC(=O)COc1cccnc1. The number of rotatable bonds is 7. The van der Waals surface area contributed by atoms with E-state index in [4.69, 9.17) is 14.2 Å². The lowest BCUT2D eigenvalue weighted by atomic mass is 10.3. The van der Waals surface area contributed by atoms with Crippen molar-refractivity contribution in [1.29, 1.82) is 0 Å². The number of methoxy groups -OCH3 is 1. The second-order valence-electron chi connectivity index (χ2n) is 4.55. The monoisotopic (exact) mass is 326 g/mol. The Hall–Kier alpha value is -3.20. The minimum atomic E-state index is -0.251. The van der Waals surface area contributed by atoms with Crippen LogP contribution in [-0.2, 0) is 4.79 Å². The van der Waals surface area contributed by atoms with Gasteiger partial charge >= 0.3 is 0 Å². The zero-order valence-corrected chi connectivity index (χ0v) is 13.3. The van der Waals surface area contributed by atoms with Crippen molar-refractivity contribution in [1.82, 2.24) is 10.3 Å². The van der Waals surface area contributed by atoms with E-state index in [1.807, 2.05) is 18.2 Å². The third-order valence-electron chi connectivity index (χ3n) is 2.87. The predicted molar refractivity (Wildman–Crippen MR) is 89.0 cm³/mol. The number of hydrogen-bond donors (Lipinski definition) is 1. The smallest absolute Gasteiger partial charge is 0.258 e. The van der Waals surface area contributed by atoms with Gasteiger partial charge in [-0.15, -0.1) is 0 Å². The zero-order valence-electron chi connectivity index (χ0n) is 13.3. The molecule has 1 N–H and O–H groups in total. The fraction of sp³-hybridized carbons (Fsp3) is 0.222. The Balaban J connectivity index is 1.64. The molecule has 1 aromatic heterocycles. The van der Waals surface area contributed by atoms with Crippen molar-refractivity contribution in [2.45, 2.75) is 0 Å². The predicted octanol–water partition coefficient (Wildman–Crippen LogP) is 1.67. The lowest BCUT2D eigenvalue weighted by Crippen LogP contribution is -2.29. The van der Waals surface area contributed by atoms with Gasteiger partial charge in [0.1, 0.15) is 12.4 Å². The summed E-state index contributed by atoms with van der Waals surface area (Å²) in [6.45, 7) is 0.359. The molecular weight excluding hydrogens is 308 g/mol.